The first-order valence-corrected chi connectivity index (χ1v) is 14.0. The van der Waals surface area contributed by atoms with Crippen molar-refractivity contribution in [2.24, 2.45) is 0 Å². The van der Waals surface area contributed by atoms with Crippen molar-refractivity contribution in [3.05, 3.63) is 133 Å². The standard InChI is InChI=1S/C38H30N2O/c1-38(2,3)35-17-5-4-12-31(35)32-14-7-16-34-33-15-6-13-30(36(33)41-37(32)34)29-21-27(25-10-8-18-39-23-25)20-28(22-29)26-11-9-19-40-24-26/h4-24H,1-3H3. The second-order valence-corrected chi connectivity index (χ2v) is 11.5. The fraction of sp³-hybridized carbons (Fsp3) is 0.105. The molecule has 0 radical (unpaired) electrons. The van der Waals surface area contributed by atoms with Crippen molar-refractivity contribution in [3.63, 3.8) is 0 Å². The number of fused-ring (bicyclic) bond motifs is 3. The molecule has 7 rings (SSSR count). The van der Waals surface area contributed by atoms with Gasteiger partial charge in [-0.3, -0.25) is 9.97 Å². The van der Waals surface area contributed by atoms with E-state index in [1.165, 1.54) is 11.1 Å². The molecule has 3 aromatic heterocycles. The van der Waals surface area contributed by atoms with Crippen LogP contribution in [0.1, 0.15) is 26.3 Å². The lowest BCUT2D eigenvalue weighted by Crippen LogP contribution is -2.12. The first-order valence-electron chi connectivity index (χ1n) is 14.0. The van der Waals surface area contributed by atoms with Crippen LogP contribution >= 0.6 is 0 Å². The van der Waals surface area contributed by atoms with E-state index >= 15 is 0 Å². The third kappa shape index (κ3) is 4.50. The van der Waals surface area contributed by atoms with E-state index in [4.69, 9.17) is 4.42 Å². The maximum Gasteiger partial charge on any atom is 0.143 e. The van der Waals surface area contributed by atoms with Gasteiger partial charge in [-0.15, -0.1) is 0 Å². The topological polar surface area (TPSA) is 38.9 Å². The normalized spacial score (nSPS) is 11.8. The Labute approximate surface area is 240 Å². The minimum Gasteiger partial charge on any atom is -0.455 e. The van der Waals surface area contributed by atoms with E-state index in [-0.39, 0.29) is 5.41 Å². The van der Waals surface area contributed by atoms with Gasteiger partial charge in [-0.25, -0.2) is 0 Å². The average molecular weight is 531 g/mol. The molecule has 198 valence electrons. The summed E-state index contributed by atoms with van der Waals surface area (Å²) in [6, 6.07) is 36.4. The number of benzene rings is 4. The number of rotatable bonds is 4. The average Bonchev–Trinajstić information content (AvgIpc) is 3.40. The highest BCUT2D eigenvalue weighted by atomic mass is 16.3. The molecule has 0 unspecified atom stereocenters. The van der Waals surface area contributed by atoms with E-state index in [9.17, 15) is 0 Å². The van der Waals surface area contributed by atoms with Crippen LogP contribution in [0, 0.1) is 0 Å². The Bertz CT molecular complexity index is 1960. The van der Waals surface area contributed by atoms with Gasteiger partial charge >= 0.3 is 0 Å². The number of para-hydroxylation sites is 2. The molecule has 0 N–H and O–H groups in total. The first kappa shape index (κ1) is 25.0. The molecule has 41 heavy (non-hydrogen) atoms. The molecule has 3 nitrogen and oxygen atoms in total. The van der Waals surface area contributed by atoms with Crippen LogP contribution in [0.15, 0.2) is 132 Å². The Morgan fingerprint density at radius 2 is 1.02 bits per heavy atom. The van der Waals surface area contributed by atoms with Crippen molar-refractivity contribution in [2.45, 2.75) is 26.2 Å². The number of hydrogen-bond donors (Lipinski definition) is 0. The van der Waals surface area contributed by atoms with Gasteiger partial charge in [0.1, 0.15) is 11.2 Å². The van der Waals surface area contributed by atoms with E-state index in [0.717, 1.165) is 60.9 Å². The van der Waals surface area contributed by atoms with E-state index in [2.05, 4.69) is 122 Å². The predicted molar refractivity (Wildman–Crippen MR) is 170 cm³/mol. The van der Waals surface area contributed by atoms with Crippen molar-refractivity contribution < 1.29 is 4.42 Å². The van der Waals surface area contributed by atoms with Crippen molar-refractivity contribution >= 4 is 21.9 Å². The van der Waals surface area contributed by atoms with Gasteiger partial charge in [0.15, 0.2) is 0 Å². The van der Waals surface area contributed by atoms with Gasteiger partial charge in [0, 0.05) is 57.8 Å². The van der Waals surface area contributed by atoms with Crippen LogP contribution in [0.3, 0.4) is 0 Å². The summed E-state index contributed by atoms with van der Waals surface area (Å²) >= 11 is 0. The van der Waals surface area contributed by atoms with Gasteiger partial charge in [0.25, 0.3) is 0 Å². The second kappa shape index (κ2) is 9.87. The Balaban J connectivity index is 1.48. The fourth-order valence-corrected chi connectivity index (χ4v) is 5.82. The number of pyridine rings is 2. The SMILES string of the molecule is CC(C)(C)c1ccccc1-c1cccc2c1oc1c(-c3cc(-c4cccnc4)cc(-c4cccnc4)c3)cccc12. The van der Waals surface area contributed by atoms with Crippen molar-refractivity contribution in [1.82, 2.24) is 9.97 Å². The number of hydrogen-bond acceptors (Lipinski definition) is 3. The van der Waals surface area contributed by atoms with Gasteiger partial charge in [-0.1, -0.05) is 93.6 Å². The van der Waals surface area contributed by atoms with Gasteiger partial charge in [-0.2, -0.15) is 0 Å². The van der Waals surface area contributed by atoms with E-state index in [0.29, 0.717) is 0 Å². The molecule has 0 saturated carbocycles. The number of furan rings is 1. The number of aromatic nitrogens is 2. The maximum atomic E-state index is 6.86. The molecule has 0 aliphatic carbocycles. The summed E-state index contributed by atoms with van der Waals surface area (Å²) in [6.45, 7) is 6.79. The molecule has 0 saturated heterocycles. The molecule has 0 bridgehead atoms. The molecule has 3 heteroatoms. The number of nitrogens with zero attached hydrogens (tertiary/aromatic N) is 2. The van der Waals surface area contributed by atoms with E-state index < -0.39 is 0 Å². The summed E-state index contributed by atoms with van der Waals surface area (Å²) in [5, 5.41) is 2.24. The predicted octanol–water partition coefficient (Wildman–Crippen LogP) is 10.3. The molecule has 0 aliphatic heterocycles. The highest BCUT2D eigenvalue weighted by Crippen LogP contribution is 2.43. The molecule has 3 heterocycles. The third-order valence-corrected chi connectivity index (χ3v) is 7.78. The van der Waals surface area contributed by atoms with E-state index in [1.54, 1.807) is 12.4 Å². The highest BCUT2D eigenvalue weighted by Gasteiger charge is 2.22. The monoisotopic (exact) mass is 530 g/mol. The van der Waals surface area contributed by atoms with Crippen LogP contribution in [0.5, 0.6) is 0 Å². The Kier molecular flexibility index (Phi) is 6.01. The van der Waals surface area contributed by atoms with E-state index in [1.807, 2.05) is 24.5 Å². The van der Waals surface area contributed by atoms with Crippen LogP contribution in [0.25, 0.3) is 66.4 Å². The smallest absolute Gasteiger partial charge is 0.143 e. The molecule has 0 fully saturated rings. The molecule has 0 spiro atoms. The van der Waals surface area contributed by atoms with Gasteiger partial charge in [-0.05, 0) is 63.6 Å². The molecular formula is C38H30N2O. The zero-order chi connectivity index (χ0) is 28.0. The minimum atomic E-state index is 0.00532. The highest BCUT2D eigenvalue weighted by molar-refractivity contribution is 6.13. The fourth-order valence-electron chi connectivity index (χ4n) is 5.82. The Morgan fingerprint density at radius 3 is 1.61 bits per heavy atom. The zero-order valence-electron chi connectivity index (χ0n) is 23.4. The van der Waals surface area contributed by atoms with Crippen molar-refractivity contribution in [1.29, 1.82) is 0 Å². The summed E-state index contributed by atoms with van der Waals surface area (Å²) in [5.41, 5.74) is 11.9. The van der Waals surface area contributed by atoms with Crippen molar-refractivity contribution in [3.8, 4) is 44.5 Å². The molecule has 4 aromatic carbocycles. The van der Waals surface area contributed by atoms with Crippen LogP contribution < -0.4 is 0 Å². The largest absolute Gasteiger partial charge is 0.455 e. The molecule has 0 aliphatic rings. The minimum absolute atomic E-state index is 0.00532. The van der Waals surface area contributed by atoms with Crippen molar-refractivity contribution in [2.75, 3.05) is 0 Å². The summed E-state index contributed by atoms with van der Waals surface area (Å²) < 4.78 is 6.86. The lowest BCUT2D eigenvalue weighted by atomic mass is 9.81. The van der Waals surface area contributed by atoms with Gasteiger partial charge < -0.3 is 4.42 Å². The molecule has 7 aromatic rings. The van der Waals surface area contributed by atoms with Gasteiger partial charge in [0.2, 0.25) is 0 Å². The summed E-state index contributed by atoms with van der Waals surface area (Å²) in [6.07, 6.45) is 7.43. The zero-order valence-corrected chi connectivity index (χ0v) is 23.4. The lowest BCUT2D eigenvalue weighted by Gasteiger charge is -2.23. The quantitative estimate of drug-likeness (QED) is 0.227. The summed E-state index contributed by atoms with van der Waals surface area (Å²) in [4.78, 5) is 8.75. The third-order valence-electron chi connectivity index (χ3n) is 7.78. The van der Waals surface area contributed by atoms with Gasteiger partial charge in [0.05, 0.1) is 0 Å². The molecular weight excluding hydrogens is 500 g/mol. The second-order valence-electron chi connectivity index (χ2n) is 11.5. The van der Waals surface area contributed by atoms with Crippen LogP contribution in [0.2, 0.25) is 0 Å². The first-order chi connectivity index (χ1) is 20.0. The summed E-state index contributed by atoms with van der Waals surface area (Å²) in [5.74, 6) is 0. The molecule has 0 atom stereocenters. The van der Waals surface area contributed by atoms with Crippen LogP contribution in [-0.4, -0.2) is 9.97 Å². The lowest BCUT2D eigenvalue weighted by molar-refractivity contribution is 0.592. The van der Waals surface area contributed by atoms with Crippen LogP contribution in [-0.2, 0) is 5.41 Å². The molecule has 0 amide bonds. The summed E-state index contributed by atoms with van der Waals surface area (Å²) in [7, 11) is 0. The maximum absolute atomic E-state index is 6.86. The van der Waals surface area contributed by atoms with Crippen LogP contribution in [0.4, 0.5) is 0 Å². The Hall–Kier alpha value is -5.02. The Morgan fingerprint density at radius 1 is 0.488 bits per heavy atom.